The number of halogens is 1. The van der Waals surface area contributed by atoms with E-state index < -0.39 is 0 Å². The zero-order chi connectivity index (χ0) is 14.8. The lowest BCUT2D eigenvalue weighted by molar-refractivity contribution is 0.574. The van der Waals surface area contributed by atoms with Crippen LogP contribution in [0.4, 0.5) is 0 Å². The van der Waals surface area contributed by atoms with E-state index >= 15 is 0 Å². The highest BCUT2D eigenvalue weighted by molar-refractivity contribution is 7.99. The van der Waals surface area contributed by atoms with Gasteiger partial charge >= 0.3 is 0 Å². The monoisotopic (exact) mass is 337 g/mol. The predicted octanol–water partition coefficient (Wildman–Crippen LogP) is 4.70. The minimum Gasteiger partial charge on any atom is -0.309 e. The van der Waals surface area contributed by atoms with E-state index in [2.05, 4.69) is 41.2 Å². The molecule has 0 aliphatic heterocycles. The number of rotatable bonds is 5. The van der Waals surface area contributed by atoms with Gasteiger partial charge in [0.15, 0.2) is 4.96 Å². The van der Waals surface area contributed by atoms with Crippen LogP contribution in [0.15, 0.2) is 45.8 Å². The number of thiazole rings is 1. The highest BCUT2D eigenvalue weighted by Gasteiger charge is 2.14. The summed E-state index contributed by atoms with van der Waals surface area (Å²) in [7, 11) is 0. The van der Waals surface area contributed by atoms with Gasteiger partial charge in [-0.25, -0.2) is 4.98 Å². The van der Waals surface area contributed by atoms with Gasteiger partial charge in [-0.3, -0.25) is 4.40 Å². The normalized spacial score (nSPS) is 11.6. The molecule has 0 spiro atoms. The molecule has 1 aromatic carbocycles. The Kier molecular flexibility index (Phi) is 4.54. The van der Waals surface area contributed by atoms with Gasteiger partial charge in [0, 0.05) is 34.1 Å². The van der Waals surface area contributed by atoms with Crippen molar-refractivity contribution in [3.8, 4) is 0 Å². The third-order valence-corrected chi connectivity index (χ3v) is 5.01. The zero-order valence-corrected chi connectivity index (χ0v) is 14.2. The smallest absolute Gasteiger partial charge is 0.194 e. The second kappa shape index (κ2) is 6.40. The molecule has 0 fully saturated rings. The van der Waals surface area contributed by atoms with Gasteiger partial charge in [0.1, 0.15) is 5.03 Å². The summed E-state index contributed by atoms with van der Waals surface area (Å²) in [5.41, 5.74) is 1.20. The van der Waals surface area contributed by atoms with Crippen molar-refractivity contribution in [1.29, 1.82) is 0 Å². The summed E-state index contributed by atoms with van der Waals surface area (Å²) in [4.78, 5) is 6.88. The summed E-state index contributed by atoms with van der Waals surface area (Å²) in [5, 5.41) is 7.33. The number of fused-ring (bicyclic) bond motifs is 1. The molecule has 0 saturated heterocycles. The summed E-state index contributed by atoms with van der Waals surface area (Å²) >= 11 is 9.38. The molecular formula is C15H16ClN3S2. The second-order valence-electron chi connectivity index (χ2n) is 5.01. The molecule has 0 radical (unpaired) electrons. The Morgan fingerprint density at radius 2 is 2.29 bits per heavy atom. The van der Waals surface area contributed by atoms with Crippen LogP contribution in [0, 0.1) is 0 Å². The van der Waals surface area contributed by atoms with Gasteiger partial charge in [-0.05, 0) is 18.2 Å². The Morgan fingerprint density at radius 3 is 3.05 bits per heavy atom. The van der Waals surface area contributed by atoms with Gasteiger partial charge in [-0.2, -0.15) is 0 Å². The maximum Gasteiger partial charge on any atom is 0.194 e. The number of nitrogens with zero attached hydrogens (tertiary/aromatic N) is 2. The second-order valence-corrected chi connectivity index (χ2v) is 7.39. The molecular weight excluding hydrogens is 322 g/mol. The fraction of sp³-hybridized carbons (Fsp3) is 0.267. The first-order valence-electron chi connectivity index (χ1n) is 6.74. The number of benzene rings is 1. The van der Waals surface area contributed by atoms with Crippen molar-refractivity contribution < 1.29 is 0 Å². The summed E-state index contributed by atoms with van der Waals surface area (Å²) in [6.45, 7) is 5.10. The van der Waals surface area contributed by atoms with E-state index in [0.717, 1.165) is 26.4 Å². The van der Waals surface area contributed by atoms with Crippen LogP contribution in [0.3, 0.4) is 0 Å². The number of imidazole rings is 1. The molecule has 3 rings (SSSR count). The van der Waals surface area contributed by atoms with E-state index in [1.807, 2.05) is 18.2 Å². The Bertz CT molecular complexity index is 748. The van der Waals surface area contributed by atoms with E-state index in [-0.39, 0.29) is 0 Å². The largest absolute Gasteiger partial charge is 0.309 e. The summed E-state index contributed by atoms with van der Waals surface area (Å²) < 4.78 is 2.16. The molecule has 0 saturated carbocycles. The molecule has 2 heterocycles. The molecule has 6 heteroatoms. The molecule has 0 unspecified atom stereocenters. The van der Waals surface area contributed by atoms with Gasteiger partial charge in [-0.15, -0.1) is 11.3 Å². The van der Waals surface area contributed by atoms with Crippen LogP contribution in [-0.2, 0) is 6.54 Å². The molecule has 3 nitrogen and oxygen atoms in total. The maximum atomic E-state index is 6.06. The van der Waals surface area contributed by atoms with E-state index in [4.69, 9.17) is 16.6 Å². The van der Waals surface area contributed by atoms with Crippen molar-refractivity contribution in [1.82, 2.24) is 14.7 Å². The van der Waals surface area contributed by atoms with E-state index in [1.54, 1.807) is 23.1 Å². The fourth-order valence-corrected chi connectivity index (χ4v) is 4.02. The maximum absolute atomic E-state index is 6.06. The Balaban J connectivity index is 1.93. The van der Waals surface area contributed by atoms with Crippen LogP contribution in [-0.4, -0.2) is 15.4 Å². The van der Waals surface area contributed by atoms with Crippen molar-refractivity contribution in [2.24, 2.45) is 0 Å². The van der Waals surface area contributed by atoms with Crippen LogP contribution >= 0.6 is 34.7 Å². The lowest BCUT2D eigenvalue weighted by atomic mass is 10.3. The highest BCUT2D eigenvalue weighted by atomic mass is 35.5. The van der Waals surface area contributed by atoms with Crippen LogP contribution in [0.5, 0.6) is 0 Å². The van der Waals surface area contributed by atoms with Crippen molar-refractivity contribution in [3.63, 3.8) is 0 Å². The van der Waals surface area contributed by atoms with Gasteiger partial charge in [0.2, 0.25) is 0 Å². The van der Waals surface area contributed by atoms with Crippen molar-refractivity contribution in [3.05, 3.63) is 46.6 Å². The SMILES string of the molecule is CC(C)NCc1c(Sc2cccc(Cl)c2)nc2sccn12. The van der Waals surface area contributed by atoms with Crippen LogP contribution in [0.25, 0.3) is 4.96 Å². The molecule has 0 aliphatic carbocycles. The van der Waals surface area contributed by atoms with Gasteiger partial charge in [-0.1, -0.05) is 43.3 Å². The van der Waals surface area contributed by atoms with E-state index in [0.29, 0.717) is 6.04 Å². The molecule has 21 heavy (non-hydrogen) atoms. The third-order valence-electron chi connectivity index (χ3n) is 3.01. The van der Waals surface area contributed by atoms with Gasteiger partial charge in [0.25, 0.3) is 0 Å². The van der Waals surface area contributed by atoms with Crippen LogP contribution in [0.1, 0.15) is 19.5 Å². The summed E-state index contributed by atoms with van der Waals surface area (Å²) in [6, 6.07) is 8.33. The topological polar surface area (TPSA) is 29.3 Å². The first-order chi connectivity index (χ1) is 10.1. The van der Waals surface area contributed by atoms with Crippen LogP contribution < -0.4 is 5.32 Å². The van der Waals surface area contributed by atoms with E-state index in [9.17, 15) is 0 Å². The average molecular weight is 338 g/mol. The first-order valence-corrected chi connectivity index (χ1v) is 8.82. The predicted molar refractivity (Wildman–Crippen MR) is 90.6 cm³/mol. The first kappa shape index (κ1) is 14.9. The van der Waals surface area contributed by atoms with Crippen LogP contribution in [0.2, 0.25) is 5.02 Å². The standard InChI is InChI=1S/C15H16ClN3S2/c1-10(2)17-9-13-14(18-15-19(13)6-7-20-15)21-12-5-3-4-11(16)8-12/h3-8,10,17H,9H2,1-2H3. The lowest BCUT2D eigenvalue weighted by Gasteiger charge is -2.09. The highest BCUT2D eigenvalue weighted by Crippen LogP contribution is 2.32. The number of hydrogen-bond acceptors (Lipinski definition) is 4. The van der Waals surface area contributed by atoms with Gasteiger partial charge < -0.3 is 5.32 Å². The number of aromatic nitrogens is 2. The minimum atomic E-state index is 0.443. The molecule has 0 amide bonds. The zero-order valence-electron chi connectivity index (χ0n) is 11.8. The summed E-state index contributed by atoms with van der Waals surface area (Å²) in [5.74, 6) is 0. The van der Waals surface area contributed by atoms with Crippen molar-refractivity contribution in [2.75, 3.05) is 0 Å². The molecule has 0 aliphatic rings. The molecule has 2 aromatic heterocycles. The fourth-order valence-electron chi connectivity index (χ4n) is 2.00. The third kappa shape index (κ3) is 3.43. The molecule has 0 bridgehead atoms. The Morgan fingerprint density at radius 1 is 1.43 bits per heavy atom. The Labute approximate surface area is 137 Å². The summed E-state index contributed by atoms with van der Waals surface area (Å²) in [6.07, 6.45) is 2.08. The molecule has 110 valence electrons. The average Bonchev–Trinajstić information content (AvgIpc) is 2.97. The molecule has 1 N–H and O–H groups in total. The number of hydrogen-bond donors (Lipinski definition) is 1. The quantitative estimate of drug-likeness (QED) is 0.731. The van der Waals surface area contributed by atoms with Gasteiger partial charge in [0.05, 0.1) is 5.69 Å². The Hall–Kier alpha value is -1.01. The number of nitrogens with one attached hydrogen (secondary N) is 1. The minimum absolute atomic E-state index is 0.443. The van der Waals surface area contributed by atoms with Crippen molar-refractivity contribution >= 4 is 39.7 Å². The lowest BCUT2D eigenvalue weighted by Crippen LogP contribution is -2.22. The molecule has 0 atom stereocenters. The van der Waals surface area contributed by atoms with E-state index in [1.165, 1.54) is 5.69 Å². The van der Waals surface area contributed by atoms with Crippen molar-refractivity contribution in [2.45, 2.75) is 36.4 Å². The molecule has 3 aromatic rings.